The minimum absolute atomic E-state index is 0.246. The Morgan fingerprint density at radius 1 is 1.11 bits per heavy atom. The number of hydrogen-bond acceptors (Lipinski definition) is 3. The summed E-state index contributed by atoms with van der Waals surface area (Å²) in [7, 11) is 0. The van der Waals surface area contributed by atoms with Crippen LogP contribution in [0, 0.1) is 12.7 Å². The molecule has 0 atom stereocenters. The van der Waals surface area contributed by atoms with Gasteiger partial charge in [0.2, 0.25) is 0 Å². The molecule has 0 N–H and O–H groups in total. The molecule has 0 aliphatic carbocycles. The zero-order chi connectivity index (χ0) is 13.6. The number of halogens is 1. The van der Waals surface area contributed by atoms with Gasteiger partial charge in [0, 0.05) is 12.4 Å². The summed E-state index contributed by atoms with van der Waals surface area (Å²) in [6.07, 6.45) is 2.80. The molecule has 0 saturated carbocycles. The van der Waals surface area contributed by atoms with E-state index >= 15 is 0 Å². The van der Waals surface area contributed by atoms with Crippen LogP contribution >= 0.6 is 0 Å². The summed E-state index contributed by atoms with van der Waals surface area (Å²) < 4.78 is 13.3. The molecule has 1 aliphatic rings. The van der Waals surface area contributed by atoms with Gasteiger partial charge in [-0.1, -0.05) is 6.07 Å². The number of aryl methyl sites for hydroxylation is 1. The number of carbonyl (C=O) groups excluding carboxylic acids is 2. The Bertz CT molecular complexity index is 677. The molecule has 0 radical (unpaired) electrons. The zero-order valence-electron chi connectivity index (χ0n) is 10.1. The number of imide groups is 1. The van der Waals surface area contributed by atoms with E-state index < -0.39 is 17.6 Å². The molecule has 2 heterocycles. The predicted octanol–water partition coefficient (Wildman–Crippen LogP) is 2.33. The Labute approximate surface area is 108 Å². The van der Waals surface area contributed by atoms with E-state index in [0.29, 0.717) is 11.1 Å². The smallest absolute Gasteiger partial charge is 0.267 e. The average Bonchev–Trinajstić information content (AvgIpc) is 2.66. The second-order valence-electron chi connectivity index (χ2n) is 4.30. The second-order valence-corrected chi connectivity index (χ2v) is 4.30. The number of amides is 2. The molecule has 0 unspecified atom stereocenters. The van der Waals surface area contributed by atoms with Crippen molar-refractivity contribution in [1.29, 1.82) is 0 Å². The minimum atomic E-state index is -0.490. The van der Waals surface area contributed by atoms with Crippen molar-refractivity contribution in [2.24, 2.45) is 0 Å². The van der Waals surface area contributed by atoms with Crippen molar-refractivity contribution < 1.29 is 14.0 Å². The van der Waals surface area contributed by atoms with Crippen molar-refractivity contribution in [3.05, 3.63) is 59.2 Å². The molecule has 1 aliphatic heterocycles. The van der Waals surface area contributed by atoms with Crippen LogP contribution in [0.3, 0.4) is 0 Å². The third-order valence-electron chi connectivity index (χ3n) is 3.10. The van der Waals surface area contributed by atoms with Crippen molar-refractivity contribution in [3.8, 4) is 0 Å². The summed E-state index contributed by atoms with van der Waals surface area (Å²) in [5, 5.41) is 0. The van der Waals surface area contributed by atoms with Crippen LogP contribution < -0.4 is 4.90 Å². The van der Waals surface area contributed by atoms with Crippen LogP contribution in [0.4, 0.5) is 10.1 Å². The second kappa shape index (κ2) is 3.98. The van der Waals surface area contributed by atoms with Gasteiger partial charge in [0.15, 0.2) is 0 Å². The van der Waals surface area contributed by atoms with Gasteiger partial charge < -0.3 is 0 Å². The molecule has 0 spiro atoms. The van der Waals surface area contributed by atoms with Crippen molar-refractivity contribution in [2.45, 2.75) is 6.92 Å². The first kappa shape index (κ1) is 11.5. The Balaban J connectivity index is 2.17. The fraction of sp³-hybridized carbons (Fsp3) is 0.0714. The lowest BCUT2D eigenvalue weighted by Crippen LogP contribution is -2.30. The summed E-state index contributed by atoms with van der Waals surface area (Å²) in [5.74, 6) is -1.41. The van der Waals surface area contributed by atoms with Crippen LogP contribution in [0.25, 0.3) is 0 Å². The minimum Gasteiger partial charge on any atom is -0.268 e. The quantitative estimate of drug-likeness (QED) is 0.736. The third-order valence-corrected chi connectivity index (χ3v) is 3.10. The SMILES string of the molecule is Cc1ccc(F)cc1N1C(=O)c2ccncc2C1=O. The molecule has 0 bridgehead atoms. The lowest BCUT2D eigenvalue weighted by molar-refractivity contribution is 0.0926. The molecule has 2 amide bonds. The molecule has 0 fully saturated rings. The lowest BCUT2D eigenvalue weighted by atomic mass is 10.2. The standard InChI is InChI=1S/C14H9FN2O2/c1-8-2-3-9(15)6-12(8)17-13(18)10-4-5-16-7-11(10)14(17)19/h2-7H,1H3. The highest BCUT2D eigenvalue weighted by molar-refractivity contribution is 6.34. The monoisotopic (exact) mass is 256 g/mol. The van der Waals surface area contributed by atoms with Crippen molar-refractivity contribution in [2.75, 3.05) is 4.90 Å². The van der Waals surface area contributed by atoms with E-state index in [9.17, 15) is 14.0 Å². The number of nitrogens with zero attached hydrogens (tertiary/aromatic N) is 2. The molecular formula is C14H9FN2O2. The van der Waals surface area contributed by atoms with Crippen molar-refractivity contribution >= 4 is 17.5 Å². The van der Waals surface area contributed by atoms with E-state index in [0.717, 1.165) is 4.90 Å². The third kappa shape index (κ3) is 1.62. The van der Waals surface area contributed by atoms with Gasteiger partial charge in [-0.2, -0.15) is 0 Å². The van der Waals surface area contributed by atoms with Gasteiger partial charge in [-0.25, -0.2) is 9.29 Å². The molecule has 1 aromatic carbocycles. The van der Waals surface area contributed by atoms with Gasteiger partial charge >= 0.3 is 0 Å². The van der Waals surface area contributed by atoms with Crippen LogP contribution in [0.1, 0.15) is 26.3 Å². The topological polar surface area (TPSA) is 50.3 Å². The summed E-state index contributed by atoms with van der Waals surface area (Å²) in [4.78, 5) is 29.3. The number of pyridine rings is 1. The van der Waals surface area contributed by atoms with Gasteiger partial charge in [0.25, 0.3) is 11.8 Å². The van der Waals surface area contributed by atoms with E-state index in [2.05, 4.69) is 4.98 Å². The Morgan fingerprint density at radius 3 is 2.58 bits per heavy atom. The highest BCUT2D eigenvalue weighted by Crippen LogP contribution is 2.30. The summed E-state index contributed by atoms with van der Waals surface area (Å²) >= 11 is 0. The molecule has 5 heteroatoms. The Morgan fingerprint density at radius 2 is 1.84 bits per heavy atom. The van der Waals surface area contributed by atoms with Gasteiger partial charge in [-0.05, 0) is 30.7 Å². The number of carbonyl (C=O) groups is 2. The maximum Gasteiger partial charge on any atom is 0.267 e. The largest absolute Gasteiger partial charge is 0.268 e. The van der Waals surface area contributed by atoms with Crippen molar-refractivity contribution in [3.63, 3.8) is 0 Å². The summed E-state index contributed by atoms with van der Waals surface area (Å²) in [6.45, 7) is 1.72. The molecule has 19 heavy (non-hydrogen) atoms. The van der Waals surface area contributed by atoms with Crippen LogP contribution in [-0.2, 0) is 0 Å². The van der Waals surface area contributed by atoms with Gasteiger partial charge in [0.05, 0.1) is 16.8 Å². The normalized spacial score (nSPS) is 13.9. The Hall–Kier alpha value is -2.56. The van der Waals surface area contributed by atoms with Gasteiger partial charge in [-0.3, -0.25) is 14.6 Å². The molecule has 2 aromatic rings. The fourth-order valence-electron chi connectivity index (χ4n) is 2.13. The fourth-order valence-corrected chi connectivity index (χ4v) is 2.13. The number of aromatic nitrogens is 1. The Kier molecular flexibility index (Phi) is 2.41. The highest BCUT2D eigenvalue weighted by atomic mass is 19.1. The number of benzene rings is 1. The maximum absolute atomic E-state index is 13.3. The highest BCUT2D eigenvalue weighted by Gasteiger charge is 2.37. The van der Waals surface area contributed by atoms with E-state index in [-0.39, 0.29) is 11.3 Å². The molecule has 4 nitrogen and oxygen atoms in total. The van der Waals surface area contributed by atoms with E-state index in [1.54, 1.807) is 6.92 Å². The number of hydrogen-bond donors (Lipinski definition) is 0. The predicted molar refractivity (Wildman–Crippen MR) is 66.5 cm³/mol. The summed E-state index contributed by atoms with van der Waals surface area (Å²) in [5.41, 5.74) is 1.47. The average molecular weight is 256 g/mol. The maximum atomic E-state index is 13.3. The van der Waals surface area contributed by atoms with E-state index in [4.69, 9.17) is 0 Å². The molecule has 3 rings (SSSR count). The number of fused-ring (bicyclic) bond motifs is 1. The molecule has 94 valence electrons. The zero-order valence-corrected chi connectivity index (χ0v) is 10.1. The molecule has 0 saturated heterocycles. The first-order chi connectivity index (χ1) is 9.09. The van der Waals surface area contributed by atoms with Gasteiger partial charge in [0.1, 0.15) is 5.82 Å². The summed E-state index contributed by atoms with van der Waals surface area (Å²) in [6, 6.07) is 5.50. The lowest BCUT2D eigenvalue weighted by Gasteiger charge is -2.16. The first-order valence-electron chi connectivity index (χ1n) is 5.68. The van der Waals surface area contributed by atoms with Crippen LogP contribution in [0.15, 0.2) is 36.7 Å². The first-order valence-corrected chi connectivity index (χ1v) is 5.68. The van der Waals surface area contributed by atoms with E-state index in [1.165, 1.54) is 36.7 Å². The van der Waals surface area contributed by atoms with E-state index in [1.807, 2.05) is 0 Å². The molecular weight excluding hydrogens is 247 g/mol. The van der Waals surface area contributed by atoms with Crippen molar-refractivity contribution in [1.82, 2.24) is 4.98 Å². The van der Waals surface area contributed by atoms with Crippen LogP contribution in [0.2, 0.25) is 0 Å². The number of rotatable bonds is 1. The van der Waals surface area contributed by atoms with Crippen LogP contribution in [-0.4, -0.2) is 16.8 Å². The van der Waals surface area contributed by atoms with Gasteiger partial charge in [-0.15, -0.1) is 0 Å². The number of anilines is 1. The van der Waals surface area contributed by atoms with Crippen LogP contribution in [0.5, 0.6) is 0 Å². The molecule has 1 aromatic heterocycles.